The molecular formula is C17H26N2O3. The van der Waals surface area contributed by atoms with Gasteiger partial charge in [-0.05, 0) is 33.4 Å². The van der Waals surface area contributed by atoms with Gasteiger partial charge in [-0.15, -0.1) is 0 Å². The maximum atomic E-state index is 11.8. The maximum absolute atomic E-state index is 11.8. The van der Waals surface area contributed by atoms with Crippen molar-refractivity contribution in [2.45, 2.75) is 45.4 Å². The number of aldehydes is 1. The minimum atomic E-state index is -0.550. The first-order valence-corrected chi connectivity index (χ1v) is 7.46. The Bertz CT molecular complexity index is 469. The topological polar surface area (TPSA) is 58.6 Å². The summed E-state index contributed by atoms with van der Waals surface area (Å²) in [6.45, 7) is 6.76. The third-order valence-corrected chi connectivity index (χ3v) is 2.93. The molecule has 1 aromatic rings. The maximum Gasteiger partial charge on any atom is 0.407 e. The van der Waals surface area contributed by atoms with Crippen LogP contribution in [0.4, 0.5) is 4.79 Å². The molecule has 1 N–H and O–H groups in total. The van der Waals surface area contributed by atoms with Crippen molar-refractivity contribution in [2.75, 3.05) is 13.6 Å². The van der Waals surface area contributed by atoms with Crippen LogP contribution in [0.2, 0.25) is 0 Å². The van der Waals surface area contributed by atoms with Gasteiger partial charge in [0, 0.05) is 19.5 Å². The summed E-state index contributed by atoms with van der Waals surface area (Å²) in [5.74, 6) is 0. The van der Waals surface area contributed by atoms with Crippen LogP contribution in [0.25, 0.3) is 0 Å². The van der Waals surface area contributed by atoms with E-state index in [2.05, 4.69) is 10.2 Å². The zero-order chi connectivity index (χ0) is 16.6. The molecule has 122 valence electrons. The molecule has 0 fully saturated rings. The van der Waals surface area contributed by atoms with Gasteiger partial charge in [0.25, 0.3) is 0 Å². The summed E-state index contributed by atoms with van der Waals surface area (Å²) in [7, 11) is 1.96. The lowest BCUT2D eigenvalue weighted by molar-refractivity contribution is -0.108. The monoisotopic (exact) mass is 306 g/mol. The van der Waals surface area contributed by atoms with Crippen molar-refractivity contribution < 1.29 is 14.3 Å². The highest BCUT2D eigenvalue weighted by Gasteiger charge is 2.20. The van der Waals surface area contributed by atoms with E-state index in [9.17, 15) is 9.59 Å². The highest BCUT2D eigenvalue weighted by atomic mass is 16.6. The molecule has 0 saturated carbocycles. The average molecular weight is 306 g/mol. The lowest BCUT2D eigenvalue weighted by Crippen LogP contribution is -2.44. The number of hydrogen-bond donors (Lipinski definition) is 1. The Balaban J connectivity index is 2.52. The summed E-state index contributed by atoms with van der Waals surface area (Å²) in [6, 6.07) is 9.79. The van der Waals surface area contributed by atoms with Crippen LogP contribution in [0.5, 0.6) is 0 Å². The molecule has 0 spiro atoms. The second kappa shape index (κ2) is 8.54. The fourth-order valence-electron chi connectivity index (χ4n) is 2.11. The average Bonchev–Trinajstić information content (AvgIpc) is 2.37. The van der Waals surface area contributed by atoms with E-state index in [0.29, 0.717) is 6.54 Å². The summed E-state index contributed by atoms with van der Waals surface area (Å²) in [5, 5.41) is 2.76. The van der Waals surface area contributed by atoms with Crippen molar-refractivity contribution in [1.29, 1.82) is 0 Å². The Morgan fingerprint density at radius 1 is 1.32 bits per heavy atom. The van der Waals surface area contributed by atoms with Crippen molar-refractivity contribution in [3.63, 3.8) is 0 Å². The predicted octanol–water partition coefficient (Wildman–Crippen LogP) is 2.60. The van der Waals surface area contributed by atoms with E-state index in [1.165, 1.54) is 5.56 Å². The molecule has 1 rings (SSSR count). The Morgan fingerprint density at radius 2 is 1.95 bits per heavy atom. The third-order valence-electron chi connectivity index (χ3n) is 2.93. The number of hydrogen-bond acceptors (Lipinski definition) is 4. The van der Waals surface area contributed by atoms with Gasteiger partial charge >= 0.3 is 6.09 Å². The fraction of sp³-hybridized carbons (Fsp3) is 0.529. The standard InChI is InChI=1S/C17H26N2O3/c1-17(2,3)22-16(21)18-15(10-11-20)13-19(4)12-14-8-6-5-7-9-14/h5-9,11,15H,10,12-13H2,1-4H3,(H,18,21)/t15-/m1/s1. The van der Waals surface area contributed by atoms with Gasteiger partial charge < -0.3 is 19.7 Å². The molecular weight excluding hydrogens is 280 g/mol. The summed E-state index contributed by atoms with van der Waals surface area (Å²) >= 11 is 0. The molecule has 0 bridgehead atoms. The van der Waals surface area contributed by atoms with E-state index >= 15 is 0 Å². The first-order valence-electron chi connectivity index (χ1n) is 7.46. The number of alkyl carbamates (subject to hydrolysis) is 1. The highest BCUT2D eigenvalue weighted by Crippen LogP contribution is 2.08. The minimum absolute atomic E-state index is 0.262. The summed E-state index contributed by atoms with van der Waals surface area (Å²) in [6.07, 6.45) is 0.587. The van der Waals surface area contributed by atoms with Crippen LogP contribution in [-0.4, -0.2) is 42.5 Å². The number of benzene rings is 1. The van der Waals surface area contributed by atoms with E-state index in [4.69, 9.17) is 4.74 Å². The first kappa shape index (κ1) is 18.2. The van der Waals surface area contributed by atoms with Crippen LogP contribution >= 0.6 is 0 Å². The summed E-state index contributed by atoms with van der Waals surface area (Å²) in [5.41, 5.74) is 0.637. The van der Waals surface area contributed by atoms with Crippen molar-refractivity contribution in [1.82, 2.24) is 10.2 Å². The number of ether oxygens (including phenoxy) is 1. The predicted molar refractivity (Wildman–Crippen MR) is 86.6 cm³/mol. The van der Waals surface area contributed by atoms with Crippen LogP contribution in [0.1, 0.15) is 32.8 Å². The van der Waals surface area contributed by atoms with Crippen LogP contribution < -0.4 is 5.32 Å². The molecule has 0 heterocycles. The molecule has 0 unspecified atom stereocenters. The van der Waals surface area contributed by atoms with E-state index in [1.807, 2.05) is 58.2 Å². The molecule has 1 aromatic carbocycles. The van der Waals surface area contributed by atoms with Gasteiger partial charge in [0.2, 0.25) is 0 Å². The second-order valence-corrected chi connectivity index (χ2v) is 6.43. The molecule has 1 atom stereocenters. The Hall–Kier alpha value is -1.88. The molecule has 22 heavy (non-hydrogen) atoms. The summed E-state index contributed by atoms with van der Waals surface area (Å²) < 4.78 is 5.23. The van der Waals surface area contributed by atoms with Gasteiger partial charge in [0.1, 0.15) is 11.9 Å². The van der Waals surface area contributed by atoms with Gasteiger partial charge in [-0.25, -0.2) is 4.79 Å². The lowest BCUT2D eigenvalue weighted by Gasteiger charge is -2.26. The van der Waals surface area contributed by atoms with Crippen molar-refractivity contribution >= 4 is 12.4 Å². The smallest absolute Gasteiger partial charge is 0.407 e. The number of carbonyl (C=O) groups is 2. The number of nitrogens with zero attached hydrogens (tertiary/aromatic N) is 1. The van der Waals surface area contributed by atoms with E-state index in [1.54, 1.807) is 0 Å². The van der Waals surface area contributed by atoms with Crippen LogP contribution in [0, 0.1) is 0 Å². The van der Waals surface area contributed by atoms with Crippen LogP contribution in [0.15, 0.2) is 30.3 Å². The first-order chi connectivity index (χ1) is 10.3. The molecule has 5 nitrogen and oxygen atoms in total. The largest absolute Gasteiger partial charge is 0.444 e. The summed E-state index contributed by atoms with van der Waals surface area (Å²) in [4.78, 5) is 24.7. The number of amides is 1. The molecule has 0 radical (unpaired) electrons. The zero-order valence-corrected chi connectivity index (χ0v) is 13.8. The Kier molecular flexibility index (Phi) is 7.05. The zero-order valence-electron chi connectivity index (χ0n) is 13.8. The minimum Gasteiger partial charge on any atom is -0.444 e. The number of likely N-dealkylation sites (N-methyl/N-ethyl adjacent to an activating group) is 1. The normalized spacial score (nSPS) is 12.8. The van der Waals surface area contributed by atoms with Crippen LogP contribution in [0.3, 0.4) is 0 Å². The van der Waals surface area contributed by atoms with Crippen molar-refractivity contribution in [2.24, 2.45) is 0 Å². The number of carbonyl (C=O) groups excluding carboxylic acids is 2. The van der Waals surface area contributed by atoms with E-state index in [-0.39, 0.29) is 12.5 Å². The van der Waals surface area contributed by atoms with Crippen LogP contribution in [-0.2, 0) is 16.1 Å². The third kappa shape index (κ3) is 7.78. The molecule has 5 heteroatoms. The van der Waals surface area contributed by atoms with E-state index in [0.717, 1.165) is 12.8 Å². The Morgan fingerprint density at radius 3 is 2.50 bits per heavy atom. The van der Waals surface area contributed by atoms with Crippen molar-refractivity contribution in [3.05, 3.63) is 35.9 Å². The molecule has 0 aliphatic rings. The van der Waals surface area contributed by atoms with Gasteiger partial charge in [0.15, 0.2) is 0 Å². The highest BCUT2D eigenvalue weighted by molar-refractivity contribution is 5.68. The van der Waals surface area contributed by atoms with E-state index < -0.39 is 11.7 Å². The quantitative estimate of drug-likeness (QED) is 0.787. The number of nitrogens with one attached hydrogen (secondary N) is 1. The lowest BCUT2D eigenvalue weighted by atomic mass is 10.1. The molecule has 0 aliphatic carbocycles. The molecule has 0 saturated heterocycles. The molecule has 0 aliphatic heterocycles. The molecule has 1 amide bonds. The Labute approximate surface area is 132 Å². The van der Waals surface area contributed by atoms with Gasteiger partial charge in [0.05, 0.1) is 6.04 Å². The number of rotatable bonds is 7. The SMILES string of the molecule is CN(Cc1ccccc1)C[C@@H](CC=O)NC(=O)OC(C)(C)C. The van der Waals surface area contributed by atoms with Gasteiger partial charge in [-0.3, -0.25) is 0 Å². The second-order valence-electron chi connectivity index (χ2n) is 6.43. The van der Waals surface area contributed by atoms with Gasteiger partial charge in [-0.2, -0.15) is 0 Å². The fourth-order valence-corrected chi connectivity index (χ4v) is 2.11. The molecule has 0 aromatic heterocycles. The van der Waals surface area contributed by atoms with Crippen molar-refractivity contribution in [3.8, 4) is 0 Å². The van der Waals surface area contributed by atoms with Gasteiger partial charge in [-0.1, -0.05) is 30.3 Å².